The predicted octanol–water partition coefficient (Wildman–Crippen LogP) is 2.73. The monoisotopic (exact) mass is 252 g/mol. The second-order valence-corrected chi connectivity index (χ2v) is 7.55. The van der Waals surface area contributed by atoms with E-state index in [9.17, 15) is 0 Å². The lowest BCUT2D eigenvalue weighted by Crippen LogP contribution is -2.22. The molecule has 0 bridgehead atoms. The van der Waals surface area contributed by atoms with Gasteiger partial charge in [-0.05, 0) is 17.4 Å². The molecule has 0 saturated heterocycles. The van der Waals surface area contributed by atoms with Gasteiger partial charge in [-0.1, -0.05) is 43.6 Å². The summed E-state index contributed by atoms with van der Waals surface area (Å²) >= 11 is 3.39. The fraction of sp³-hybridized carbons (Fsp3) is 1.00. The molecular weight excluding hydrogens is 232 g/mol. The van der Waals surface area contributed by atoms with Gasteiger partial charge in [0.1, 0.15) is 0 Å². The summed E-state index contributed by atoms with van der Waals surface area (Å²) in [6, 6.07) is 0. The second-order valence-electron chi connectivity index (χ2n) is 4.24. The zero-order valence-electron chi connectivity index (χ0n) is 8.69. The van der Waals surface area contributed by atoms with Crippen molar-refractivity contribution in [1.82, 2.24) is 0 Å². The first-order chi connectivity index (χ1) is 5.50. The lowest BCUT2D eigenvalue weighted by molar-refractivity contribution is 0.302. The van der Waals surface area contributed by atoms with E-state index in [2.05, 4.69) is 43.6 Å². The molecular formula is C9H21BrOSi. The normalized spacial score (nSPS) is 13.5. The molecule has 74 valence electrons. The Bertz CT molecular complexity index is 115. The molecule has 0 rings (SSSR count). The van der Waals surface area contributed by atoms with Crippen LogP contribution < -0.4 is 0 Å². The third-order valence-electron chi connectivity index (χ3n) is 2.46. The van der Waals surface area contributed by atoms with E-state index in [0.29, 0.717) is 5.04 Å². The van der Waals surface area contributed by atoms with Gasteiger partial charge < -0.3 is 4.43 Å². The van der Waals surface area contributed by atoms with E-state index < -0.39 is 0 Å². The Morgan fingerprint density at radius 2 is 2.00 bits per heavy atom. The molecule has 0 N–H and O–H groups in total. The lowest BCUT2D eigenvalue weighted by Gasteiger charge is -2.28. The maximum atomic E-state index is 5.71. The third-order valence-corrected chi connectivity index (χ3v) is 5.07. The first kappa shape index (κ1) is 12.7. The van der Waals surface area contributed by atoms with Crippen LogP contribution in [0.15, 0.2) is 0 Å². The van der Waals surface area contributed by atoms with Gasteiger partial charge in [0.25, 0.3) is 0 Å². The van der Waals surface area contributed by atoms with Crippen molar-refractivity contribution >= 4 is 25.7 Å². The van der Waals surface area contributed by atoms with Crippen LogP contribution in [0.4, 0.5) is 0 Å². The van der Waals surface area contributed by atoms with Crippen molar-refractivity contribution in [2.75, 3.05) is 11.9 Å². The van der Waals surface area contributed by atoms with Crippen LogP contribution >= 0.6 is 15.9 Å². The highest BCUT2D eigenvalue weighted by Gasteiger charge is 2.23. The van der Waals surface area contributed by atoms with Crippen LogP contribution in [0.1, 0.15) is 34.1 Å². The fourth-order valence-corrected chi connectivity index (χ4v) is 2.10. The Morgan fingerprint density at radius 1 is 1.42 bits per heavy atom. The summed E-state index contributed by atoms with van der Waals surface area (Å²) in [5.41, 5.74) is 0. The average molecular weight is 253 g/mol. The Labute approximate surface area is 87.3 Å². The van der Waals surface area contributed by atoms with Gasteiger partial charge in [-0.25, -0.2) is 0 Å². The highest BCUT2D eigenvalue weighted by Crippen LogP contribution is 2.32. The van der Waals surface area contributed by atoms with Crippen LogP contribution in [0.5, 0.6) is 0 Å². The lowest BCUT2D eigenvalue weighted by atomic mass is 9.99. The molecule has 0 aliphatic carbocycles. The van der Waals surface area contributed by atoms with E-state index in [0.717, 1.165) is 24.3 Å². The molecule has 0 aliphatic rings. The summed E-state index contributed by atoms with van der Waals surface area (Å²) < 4.78 is 5.71. The number of halogens is 1. The largest absolute Gasteiger partial charge is 0.423 e. The highest BCUT2D eigenvalue weighted by atomic mass is 79.9. The Morgan fingerprint density at radius 3 is 2.42 bits per heavy atom. The number of hydrogen-bond acceptors (Lipinski definition) is 1. The molecule has 0 aliphatic heterocycles. The van der Waals surface area contributed by atoms with E-state index in [1.165, 1.54) is 0 Å². The van der Waals surface area contributed by atoms with Crippen molar-refractivity contribution in [1.29, 1.82) is 0 Å². The SMILES string of the molecule is CC(C)C(C)(C)[SiH2]OCCCBr. The van der Waals surface area contributed by atoms with Crippen molar-refractivity contribution < 1.29 is 4.43 Å². The van der Waals surface area contributed by atoms with E-state index in [1.807, 2.05) is 0 Å². The molecule has 0 amide bonds. The molecule has 0 aromatic rings. The first-order valence-electron chi connectivity index (χ1n) is 4.64. The molecule has 0 saturated carbocycles. The molecule has 1 nitrogen and oxygen atoms in total. The molecule has 0 spiro atoms. The van der Waals surface area contributed by atoms with E-state index >= 15 is 0 Å². The molecule has 0 atom stereocenters. The van der Waals surface area contributed by atoms with Gasteiger partial charge in [0, 0.05) is 11.9 Å². The van der Waals surface area contributed by atoms with Crippen LogP contribution in [0.3, 0.4) is 0 Å². The van der Waals surface area contributed by atoms with Crippen molar-refractivity contribution in [3.8, 4) is 0 Å². The molecule has 0 radical (unpaired) electrons. The first-order valence-corrected chi connectivity index (χ1v) is 7.05. The van der Waals surface area contributed by atoms with Crippen molar-refractivity contribution in [2.45, 2.75) is 39.2 Å². The van der Waals surface area contributed by atoms with E-state index in [4.69, 9.17) is 4.43 Å². The van der Waals surface area contributed by atoms with Crippen molar-refractivity contribution in [2.24, 2.45) is 5.92 Å². The molecule has 0 aromatic carbocycles. The number of alkyl halides is 1. The van der Waals surface area contributed by atoms with Gasteiger partial charge >= 0.3 is 0 Å². The molecule has 3 heteroatoms. The Kier molecular flexibility index (Phi) is 6.50. The van der Waals surface area contributed by atoms with Crippen LogP contribution in [-0.4, -0.2) is 21.7 Å². The Hall–Kier alpha value is 0.657. The van der Waals surface area contributed by atoms with Gasteiger partial charge in [-0.3, -0.25) is 0 Å². The van der Waals surface area contributed by atoms with Gasteiger partial charge in [-0.15, -0.1) is 0 Å². The topological polar surface area (TPSA) is 9.23 Å². The van der Waals surface area contributed by atoms with E-state index in [1.54, 1.807) is 0 Å². The van der Waals surface area contributed by atoms with Crippen molar-refractivity contribution in [3.63, 3.8) is 0 Å². The third kappa shape index (κ3) is 5.33. The maximum absolute atomic E-state index is 5.71. The summed E-state index contributed by atoms with van der Waals surface area (Å²) in [5.74, 6) is 0.744. The zero-order valence-corrected chi connectivity index (χ0v) is 11.7. The number of rotatable bonds is 6. The van der Waals surface area contributed by atoms with Gasteiger partial charge in [0.2, 0.25) is 0 Å². The summed E-state index contributed by atoms with van der Waals surface area (Å²) in [5, 5.41) is 1.51. The van der Waals surface area contributed by atoms with Crippen LogP contribution in [0.2, 0.25) is 5.04 Å². The quantitative estimate of drug-likeness (QED) is 0.402. The molecule has 0 unspecified atom stereocenters. The predicted molar refractivity (Wildman–Crippen MR) is 61.8 cm³/mol. The molecule has 0 fully saturated rings. The summed E-state index contributed by atoms with van der Waals surface area (Å²) in [7, 11) is -0.349. The fourth-order valence-electron chi connectivity index (χ4n) is 0.659. The maximum Gasteiger partial charge on any atom is 0.167 e. The molecule has 0 heterocycles. The Balaban J connectivity index is 3.47. The van der Waals surface area contributed by atoms with Crippen molar-refractivity contribution in [3.05, 3.63) is 0 Å². The smallest absolute Gasteiger partial charge is 0.167 e. The summed E-state index contributed by atoms with van der Waals surface area (Å²) in [6.07, 6.45) is 1.14. The minimum Gasteiger partial charge on any atom is -0.423 e. The minimum atomic E-state index is -0.349. The molecule has 0 aromatic heterocycles. The van der Waals surface area contributed by atoms with E-state index in [-0.39, 0.29) is 9.76 Å². The zero-order chi connectivity index (χ0) is 9.61. The minimum absolute atomic E-state index is 0.349. The summed E-state index contributed by atoms with van der Waals surface area (Å²) in [6.45, 7) is 10.1. The van der Waals surface area contributed by atoms with Gasteiger partial charge in [0.15, 0.2) is 9.76 Å². The standard InChI is InChI=1S/C9H21BrOSi/c1-8(2)9(3,4)12-11-7-5-6-10/h8H,5-7,12H2,1-4H3. The molecule has 12 heavy (non-hydrogen) atoms. The van der Waals surface area contributed by atoms with Crippen LogP contribution in [0.25, 0.3) is 0 Å². The number of hydrogen-bond donors (Lipinski definition) is 0. The highest BCUT2D eigenvalue weighted by molar-refractivity contribution is 9.09. The second kappa shape index (κ2) is 6.16. The average Bonchev–Trinajstić information content (AvgIpc) is 1.98. The summed E-state index contributed by atoms with van der Waals surface area (Å²) in [4.78, 5) is 0. The van der Waals surface area contributed by atoms with Crippen LogP contribution in [0, 0.1) is 5.92 Å². The van der Waals surface area contributed by atoms with Crippen LogP contribution in [-0.2, 0) is 4.43 Å². The van der Waals surface area contributed by atoms with Gasteiger partial charge in [0.05, 0.1) is 0 Å². The van der Waals surface area contributed by atoms with Gasteiger partial charge in [-0.2, -0.15) is 0 Å².